The number of aromatic nitrogens is 2. The predicted octanol–water partition coefficient (Wildman–Crippen LogP) is 2.11. The first-order valence-electron chi connectivity index (χ1n) is 8.17. The molecule has 1 aliphatic rings. The van der Waals surface area contributed by atoms with E-state index < -0.39 is 0 Å². The van der Waals surface area contributed by atoms with E-state index in [4.69, 9.17) is 0 Å². The van der Waals surface area contributed by atoms with Crippen LogP contribution in [0.25, 0.3) is 5.69 Å². The second-order valence-corrected chi connectivity index (χ2v) is 6.48. The minimum Gasteiger partial charge on any atom is -0.368 e. The van der Waals surface area contributed by atoms with Gasteiger partial charge in [0, 0.05) is 44.1 Å². The summed E-state index contributed by atoms with van der Waals surface area (Å²) < 4.78 is 1.69. The van der Waals surface area contributed by atoms with Gasteiger partial charge in [-0.2, -0.15) is 0 Å². The predicted molar refractivity (Wildman–Crippen MR) is 93.6 cm³/mol. The Bertz CT molecular complexity index is 713. The molecule has 0 N–H and O–H groups in total. The second kappa shape index (κ2) is 6.54. The van der Waals surface area contributed by atoms with Crippen molar-refractivity contribution in [3.8, 4) is 5.69 Å². The van der Waals surface area contributed by atoms with Gasteiger partial charge in [0.05, 0.1) is 17.6 Å². The van der Waals surface area contributed by atoms with E-state index in [1.807, 2.05) is 24.4 Å². The van der Waals surface area contributed by atoms with Crippen LogP contribution in [0.4, 0.5) is 5.69 Å². The highest BCUT2D eigenvalue weighted by Crippen LogP contribution is 2.17. The van der Waals surface area contributed by atoms with Gasteiger partial charge in [-0.05, 0) is 31.2 Å². The lowest BCUT2D eigenvalue weighted by Gasteiger charge is -2.34. The Kier molecular flexibility index (Phi) is 4.48. The molecule has 2 aromatic heterocycles. The fourth-order valence-electron chi connectivity index (χ4n) is 2.81. The summed E-state index contributed by atoms with van der Waals surface area (Å²) >= 11 is 0. The van der Waals surface area contributed by atoms with Gasteiger partial charge in [-0.25, -0.2) is 0 Å². The maximum atomic E-state index is 12.2. The van der Waals surface area contributed by atoms with Crippen LogP contribution in [-0.4, -0.2) is 47.7 Å². The molecule has 0 aliphatic carbocycles. The molecular weight excluding hydrogens is 288 g/mol. The lowest BCUT2D eigenvalue weighted by molar-refractivity contribution is 0.312. The van der Waals surface area contributed by atoms with Crippen LogP contribution in [0.5, 0.6) is 0 Å². The summed E-state index contributed by atoms with van der Waals surface area (Å²) in [4.78, 5) is 21.3. The van der Waals surface area contributed by atoms with Gasteiger partial charge in [-0.1, -0.05) is 13.8 Å². The number of likely N-dealkylation sites (N-methyl/N-ethyl adjacent to an activating group) is 1. The third-order valence-corrected chi connectivity index (χ3v) is 4.40. The van der Waals surface area contributed by atoms with Crippen LogP contribution in [-0.2, 0) is 0 Å². The largest absolute Gasteiger partial charge is 0.368 e. The van der Waals surface area contributed by atoms with Gasteiger partial charge in [-0.3, -0.25) is 14.3 Å². The molecule has 0 bridgehead atoms. The number of anilines is 1. The number of hydrogen-bond donors (Lipinski definition) is 0. The van der Waals surface area contributed by atoms with E-state index in [9.17, 15) is 4.79 Å². The number of hydrogen-bond acceptors (Lipinski definition) is 4. The molecule has 0 saturated carbocycles. The van der Waals surface area contributed by atoms with Crippen LogP contribution >= 0.6 is 0 Å². The molecule has 5 heteroatoms. The maximum absolute atomic E-state index is 12.2. The van der Waals surface area contributed by atoms with Gasteiger partial charge in [0.25, 0.3) is 5.56 Å². The molecule has 0 radical (unpaired) electrons. The molecular formula is C18H24N4O. The fraction of sp³-hybridized carbons (Fsp3) is 0.444. The zero-order valence-electron chi connectivity index (χ0n) is 14.1. The van der Waals surface area contributed by atoms with Crippen molar-refractivity contribution in [2.24, 2.45) is 0 Å². The summed E-state index contributed by atoms with van der Waals surface area (Å²) in [6.07, 6.45) is 3.71. The molecule has 1 fully saturated rings. The van der Waals surface area contributed by atoms with Crippen molar-refractivity contribution in [1.82, 2.24) is 14.5 Å². The first-order valence-corrected chi connectivity index (χ1v) is 8.17. The van der Waals surface area contributed by atoms with E-state index in [0.29, 0.717) is 5.92 Å². The lowest BCUT2D eigenvalue weighted by Crippen LogP contribution is -2.44. The van der Waals surface area contributed by atoms with Crippen LogP contribution in [0.15, 0.2) is 41.5 Å². The van der Waals surface area contributed by atoms with Crippen LogP contribution in [0.1, 0.15) is 25.5 Å². The summed E-state index contributed by atoms with van der Waals surface area (Å²) in [5.41, 5.74) is 2.92. The number of nitrogens with zero attached hydrogens (tertiary/aromatic N) is 4. The monoisotopic (exact) mass is 312 g/mol. The first-order chi connectivity index (χ1) is 11.0. The molecule has 1 saturated heterocycles. The molecule has 3 heterocycles. The molecule has 0 atom stereocenters. The Morgan fingerprint density at radius 3 is 2.30 bits per heavy atom. The molecule has 3 rings (SSSR count). The average Bonchev–Trinajstić information content (AvgIpc) is 2.56. The van der Waals surface area contributed by atoms with E-state index in [2.05, 4.69) is 35.7 Å². The van der Waals surface area contributed by atoms with E-state index in [-0.39, 0.29) is 5.56 Å². The van der Waals surface area contributed by atoms with Crippen LogP contribution in [0.2, 0.25) is 0 Å². The Labute approximate surface area is 137 Å². The van der Waals surface area contributed by atoms with E-state index in [1.165, 1.54) is 0 Å². The fourth-order valence-corrected chi connectivity index (χ4v) is 2.81. The van der Waals surface area contributed by atoms with E-state index >= 15 is 0 Å². The molecule has 23 heavy (non-hydrogen) atoms. The van der Waals surface area contributed by atoms with Crippen molar-refractivity contribution in [3.63, 3.8) is 0 Å². The first kappa shape index (κ1) is 15.7. The van der Waals surface area contributed by atoms with Gasteiger partial charge in [-0.15, -0.1) is 0 Å². The minimum atomic E-state index is -0.0259. The summed E-state index contributed by atoms with van der Waals surface area (Å²) in [5, 5.41) is 0. The molecule has 122 valence electrons. The third kappa shape index (κ3) is 3.45. The Morgan fingerprint density at radius 1 is 1.00 bits per heavy atom. The number of rotatable bonds is 3. The van der Waals surface area contributed by atoms with E-state index in [0.717, 1.165) is 43.2 Å². The zero-order chi connectivity index (χ0) is 16.4. The second-order valence-electron chi connectivity index (χ2n) is 6.48. The highest BCUT2D eigenvalue weighted by atomic mass is 16.1. The SMILES string of the molecule is CC(C)c1ccc(-n2cc(N3CCN(C)CC3)ccc2=O)cn1. The molecule has 0 spiro atoms. The minimum absolute atomic E-state index is 0.0259. The third-order valence-electron chi connectivity index (χ3n) is 4.40. The summed E-state index contributed by atoms with van der Waals surface area (Å²) in [6, 6.07) is 7.52. The quantitative estimate of drug-likeness (QED) is 0.870. The molecule has 2 aromatic rings. The zero-order valence-corrected chi connectivity index (χ0v) is 14.1. The van der Waals surface area contributed by atoms with Gasteiger partial charge in [0.15, 0.2) is 0 Å². The van der Waals surface area contributed by atoms with Crippen molar-refractivity contribution in [1.29, 1.82) is 0 Å². The topological polar surface area (TPSA) is 41.4 Å². The van der Waals surface area contributed by atoms with Crippen molar-refractivity contribution in [3.05, 3.63) is 52.7 Å². The maximum Gasteiger partial charge on any atom is 0.255 e. The Morgan fingerprint density at radius 2 is 1.70 bits per heavy atom. The van der Waals surface area contributed by atoms with Crippen LogP contribution < -0.4 is 10.5 Å². The summed E-state index contributed by atoms with van der Waals surface area (Å²) in [5.74, 6) is 0.387. The van der Waals surface area contributed by atoms with Gasteiger partial charge in [0.1, 0.15) is 0 Å². The van der Waals surface area contributed by atoms with Crippen LogP contribution in [0.3, 0.4) is 0 Å². The molecule has 0 aromatic carbocycles. The Hall–Kier alpha value is -2.14. The standard InChI is InChI=1S/C18H24N4O/c1-14(2)17-6-4-15(12-19-17)22-13-16(5-7-18(22)23)21-10-8-20(3)9-11-21/h4-7,12-14H,8-11H2,1-3H3. The highest BCUT2D eigenvalue weighted by molar-refractivity contribution is 5.47. The van der Waals surface area contributed by atoms with Crippen LogP contribution in [0, 0.1) is 0 Å². The molecule has 0 unspecified atom stereocenters. The van der Waals surface area contributed by atoms with Crippen molar-refractivity contribution < 1.29 is 0 Å². The average molecular weight is 312 g/mol. The van der Waals surface area contributed by atoms with Gasteiger partial charge < -0.3 is 9.80 Å². The van der Waals surface area contributed by atoms with E-state index in [1.54, 1.807) is 16.8 Å². The lowest BCUT2D eigenvalue weighted by atomic mass is 10.1. The number of piperazine rings is 1. The van der Waals surface area contributed by atoms with Crippen molar-refractivity contribution in [2.75, 3.05) is 38.1 Å². The van der Waals surface area contributed by atoms with Gasteiger partial charge >= 0.3 is 0 Å². The molecule has 5 nitrogen and oxygen atoms in total. The van der Waals surface area contributed by atoms with Crippen molar-refractivity contribution in [2.45, 2.75) is 19.8 Å². The summed E-state index contributed by atoms with van der Waals surface area (Å²) in [7, 11) is 2.14. The normalized spacial score (nSPS) is 16.1. The smallest absolute Gasteiger partial charge is 0.255 e. The van der Waals surface area contributed by atoms with Gasteiger partial charge in [0.2, 0.25) is 0 Å². The van der Waals surface area contributed by atoms with Crippen molar-refractivity contribution >= 4 is 5.69 Å². The Balaban J connectivity index is 1.90. The summed E-state index contributed by atoms with van der Waals surface area (Å²) in [6.45, 7) is 8.29. The highest BCUT2D eigenvalue weighted by Gasteiger charge is 2.15. The molecule has 0 amide bonds. The molecule has 1 aliphatic heterocycles. The number of pyridine rings is 2.